The Bertz CT molecular complexity index is 1200. The number of esters is 1. The lowest BCUT2D eigenvalue weighted by molar-refractivity contribution is -0.135. The number of benzene rings is 2. The summed E-state index contributed by atoms with van der Waals surface area (Å²) in [6, 6.07) is 18.9. The van der Waals surface area contributed by atoms with Gasteiger partial charge in [-0.2, -0.15) is 5.10 Å². The van der Waals surface area contributed by atoms with Crippen molar-refractivity contribution in [1.82, 2.24) is 15.8 Å². The third-order valence-electron chi connectivity index (χ3n) is 4.88. The van der Waals surface area contributed by atoms with Crippen LogP contribution in [-0.2, 0) is 14.3 Å². The topological polar surface area (TPSA) is 113 Å². The van der Waals surface area contributed by atoms with Crippen LogP contribution in [0.4, 0.5) is 5.69 Å². The highest BCUT2D eigenvalue weighted by Crippen LogP contribution is 2.25. The van der Waals surface area contributed by atoms with E-state index in [9.17, 15) is 14.4 Å². The van der Waals surface area contributed by atoms with Crippen LogP contribution in [0.25, 0.3) is 10.9 Å². The molecule has 4 rings (SSSR count). The fourth-order valence-electron chi connectivity index (χ4n) is 3.33. The number of fused-ring (bicyclic) bond motifs is 1. The number of para-hydroxylation sites is 2. The quantitative estimate of drug-likeness (QED) is 0.473. The Kier molecular flexibility index (Phi) is 6.07. The second-order valence-electron chi connectivity index (χ2n) is 7.00. The maximum absolute atomic E-state index is 12.9. The van der Waals surface area contributed by atoms with Gasteiger partial charge in [-0.05, 0) is 31.2 Å². The lowest BCUT2D eigenvalue weighted by Crippen LogP contribution is -2.50. The monoisotopic (exact) mass is 431 g/mol. The Morgan fingerprint density at radius 3 is 2.53 bits per heavy atom. The Balaban J connectivity index is 1.47. The molecule has 1 atom stereocenters. The predicted molar refractivity (Wildman–Crippen MR) is 119 cm³/mol. The van der Waals surface area contributed by atoms with E-state index in [1.165, 1.54) is 5.01 Å². The summed E-state index contributed by atoms with van der Waals surface area (Å²) in [5.74, 6) is -1.65. The van der Waals surface area contributed by atoms with Gasteiger partial charge >= 0.3 is 5.97 Å². The zero-order valence-corrected chi connectivity index (χ0v) is 17.3. The first-order valence-electron chi connectivity index (χ1n) is 10.1. The summed E-state index contributed by atoms with van der Waals surface area (Å²) >= 11 is 0. The van der Waals surface area contributed by atoms with Gasteiger partial charge in [-0.15, -0.1) is 0 Å². The number of hydrogen-bond acceptors (Lipinski definition) is 7. The molecule has 9 nitrogen and oxygen atoms in total. The Morgan fingerprint density at radius 2 is 1.75 bits per heavy atom. The van der Waals surface area contributed by atoms with Gasteiger partial charge in [-0.25, -0.2) is 9.78 Å². The summed E-state index contributed by atoms with van der Waals surface area (Å²) in [5, 5.41) is 6.64. The SMILES string of the molecule is CCOC(=O)C1=NN(c2ccccc2)C(C(=O)NNC(=O)c2ccc3ccccc3n2)C1. The van der Waals surface area contributed by atoms with Gasteiger partial charge in [0.1, 0.15) is 17.4 Å². The lowest BCUT2D eigenvalue weighted by atomic mass is 10.1. The van der Waals surface area contributed by atoms with Gasteiger partial charge in [0.25, 0.3) is 11.8 Å². The molecule has 2 aromatic carbocycles. The second kappa shape index (κ2) is 9.25. The van der Waals surface area contributed by atoms with E-state index in [1.54, 1.807) is 49.4 Å². The molecule has 2 N–H and O–H groups in total. The van der Waals surface area contributed by atoms with E-state index in [1.807, 2.05) is 24.3 Å². The van der Waals surface area contributed by atoms with Gasteiger partial charge in [0.05, 0.1) is 17.8 Å². The lowest BCUT2D eigenvalue weighted by Gasteiger charge is -2.22. The summed E-state index contributed by atoms with van der Waals surface area (Å²) < 4.78 is 5.02. The zero-order valence-electron chi connectivity index (χ0n) is 17.3. The van der Waals surface area contributed by atoms with Crippen molar-refractivity contribution in [3.05, 3.63) is 72.4 Å². The number of ether oxygens (including phenoxy) is 1. The van der Waals surface area contributed by atoms with Crippen molar-refractivity contribution in [3.63, 3.8) is 0 Å². The van der Waals surface area contributed by atoms with Crippen LogP contribution in [-0.4, -0.2) is 41.1 Å². The standard InChI is InChI=1S/C23H21N5O4/c1-2-32-23(31)19-14-20(28(27-19)16-9-4-3-5-10-16)22(30)26-25-21(29)18-13-12-15-8-6-7-11-17(15)24-18/h3-13,20H,2,14H2,1H3,(H,25,29)(H,26,30). The number of hydrogen-bond donors (Lipinski definition) is 2. The van der Waals surface area contributed by atoms with E-state index in [2.05, 4.69) is 20.9 Å². The number of nitrogens with zero attached hydrogens (tertiary/aromatic N) is 3. The van der Waals surface area contributed by atoms with Crippen LogP contribution in [0.15, 0.2) is 71.8 Å². The minimum Gasteiger partial charge on any atom is -0.461 e. The number of pyridine rings is 1. The van der Waals surface area contributed by atoms with Crippen molar-refractivity contribution in [2.45, 2.75) is 19.4 Å². The number of hydrazine groups is 1. The van der Waals surface area contributed by atoms with Gasteiger partial charge < -0.3 is 4.74 Å². The molecular formula is C23H21N5O4. The molecule has 162 valence electrons. The molecule has 1 aromatic heterocycles. The molecule has 0 fully saturated rings. The number of nitrogens with one attached hydrogen (secondary N) is 2. The fraction of sp³-hybridized carbons (Fsp3) is 0.174. The van der Waals surface area contributed by atoms with Gasteiger partial charge in [0, 0.05) is 11.8 Å². The maximum atomic E-state index is 12.9. The molecule has 1 aliphatic rings. The molecule has 1 aliphatic heterocycles. The van der Waals surface area contributed by atoms with Gasteiger partial charge in [-0.1, -0.05) is 42.5 Å². The molecule has 3 aromatic rings. The van der Waals surface area contributed by atoms with Crippen LogP contribution in [0.1, 0.15) is 23.8 Å². The van der Waals surface area contributed by atoms with Crippen molar-refractivity contribution >= 4 is 40.1 Å². The van der Waals surface area contributed by atoms with Crippen molar-refractivity contribution in [2.24, 2.45) is 5.10 Å². The van der Waals surface area contributed by atoms with Crippen molar-refractivity contribution in [3.8, 4) is 0 Å². The molecule has 0 bridgehead atoms. The summed E-state index contributed by atoms with van der Waals surface area (Å²) in [6.45, 7) is 1.90. The van der Waals surface area contributed by atoms with Gasteiger partial charge in [0.15, 0.2) is 0 Å². The molecule has 9 heteroatoms. The summed E-state index contributed by atoms with van der Waals surface area (Å²) in [4.78, 5) is 41.9. The largest absolute Gasteiger partial charge is 0.461 e. The average Bonchev–Trinajstić information content (AvgIpc) is 3.28. The van der Waals surface area contributed by atoms with Crippen molar-refractivity contribution < 1.29 is 19.1 Å². The van der Waals surface area contributed by atoms with Crippen LogP contribution in [0.2, 0.25) is 0 Å². The van der Waals surface area contributed by atoms with Crippen molar-refractivity contribution in [2.75, 3.05) is 11.6 Å². The summed E-state index contributed by atoms with van der Waals surface area (Å²) in [6.07, 6.45) is 0.0453. The Hall–Kier alpha value is -4.27. The molecule has 1 unspecified atom stereocenters. The molecule has 0 aliphatic carbocycles. The molecule has 2 amide bonds. The predicted octanol–water partition coefficient (Wildman–Crippen LogP) is 2.19. The minimum atomic E-state index is -0.832. The molecule has 32 heavy (non-hydrogen) atoms. The number of carbonyl (C=O) groups excluding carboxylic acids is 3. The third kappa shape index (κ3) is 4.41. The highest BCUT2D eigenvalue weighted by molar-refractivity contribution is 6.38. The normalized spacial score (nSPS) is 15.2. The Morgan fingerprint density at radius 1 is 1.00 bits per heavy atom. The molecule has 2 heterocycles. The van der Waals surface area contributed by atoms with Gasteiger partial charge in [0.2, 0.25) is 0 Å². The first-order chi connectivity index (χ1) is 15.6. The number of aromatic nitrogens is 1. The molecule has 0 radical (unpaired) electrons. The number of rotatable bonds is 5. The first kappa shape index (κ1) is 21.0. The number of carbonyl (C=O) groups is 3. The van der Waals surface area contributed by atoms with Crippen LogP contribution in [0.5, 0.6) is 0 Å². The second-order valence-corrected chi connectivity index (χ2v) is 7.00. The molecule has 0 saturated carbocycles. The van der Waals surface area contributed by atoms with Gasteiger partial charge in [-0.3, -0.25) is 25.4 Å². The number of anilines is 1. The van der Waals surface area contributed by atoms with Crippen LogP contribution >= 0.6 is 0 Å². The van der Waals surface area contributed by atoms with E-state index in [-0.39, 0.29) is 24.4 Å². The van der Waals surface area contributed by atoms with Crippen LogP contribution < -0.4 is 15.9 Å². The summed E-state index contributed by atoms with van der Waals surface area (Å²) in [7, 11) is 0. The Labute approximate surface area is 184 Å². The molecular weight excluding hydrogens is 410 g/mol. The highest BCUT2D eigenvalue weighted by Gasteiger charge is 2.37. The maximum Gasteiger partial charge on any atom is 0.354 e. The van der Waals surface area contributed by atoms with E-state index >= 15 is 0 Å². The van der Waals surface area contributed by atoms with E-state index in [4.69, 9.17) is 4.74 Å². The van der Waals surface area contributed by atoms with Crippen LogP contribution in [0.3, 0.4) is 0 Å². The smallest absolute Gasteiger partial charge is 0.354 e. The minimum absolute atomic E-state index is 0.0453. The zero-order chi connectivity index (χ0) is 22.5. The first-order valence-corrected chi connectivity index (χ1v) is 10.1. The van der Waals surface area contributed by atoms with Crippen molar-refractivity contribution in [1.29, 1.82) is 0 Å². The fourth-order valence-corrected chi connectivity index (χ4v) is 3.33. The average molecular weight is 431 g/mol. The highest BCUT2D eigenvalue weighted by atomic mass is 16.5. The number of hydrazone groups is 1. The van der Waals surface area contributed by atoms with E-state index in [0.29, 0.717) is 11.2 Å². The van der Waals surface area contributed by atoms with E-state index in [0.717, 1.165) is 5.39 Å². The third-order valence-corrected chi connectivity index (χ3v) is 4.88. The van der Waals surface area contributed by atoms with E-state index < -0.39 is 23.8 Å². The molecule has 0 spiro atoms. The number of amides is 2. The van der Waals surface area contributed by atoms with Crippen LogP contribution in [0, 0.1) is 0 Å². The molecule has 0 saturated heterocycles. The summed E-state index contributed by atoms with van der Waals surface area (Å²) in [5.41, 5.74) is 6.41.